The highest BCUT2D eigenvalue weighted by atomic mass is 79.9. The number of halogens is 3. The molecule has 0 unspecified atom stereocenters. The van der Waals surface area contributed by atoms with Gasteiger partial charge in [0.05, 0.1) is 17.6 Å². The van der Waals surface area contributed by atoms with Crippen LogP contribution in [0, 0.1) is 5.82 Å². The molecule has 0 radical (unpaired) electrons. The molecular weight excluding hydrogens is 469 g/mol. The van der Waals surface area contributed by atoms with Gasteiger partial charge < -0.3 is 9.88 Å². The van der Waals surface area contributed by atoms with Gasteiger partial charge in [0.2, 0.25) is 0 Å². The third kappa shape index (κ3) is 4.40. The number of nitrogens with one attached hydrogen (secondary N) is 1. The van der Waals surface area contributed by atoms with E-state index in [1.54, 1.807) is 24.3 Å². The molecule has 0 aliphatic rings. The van der Waals surface area contributed by atoms with E-state index in [-0.39, 0.29) is 18.3 Å². The third-order valence-corrected chi connectivity index (χ3v) is 5.68. The molecule has 0 fully saturated rings. The number of carbonyl (C=O) groups is 1. The number of hydrogen-bond acceptors (Lipinski definition) is 2. The molecule has 7 heteroatoms. The summed E-state index contributed by atoms with van der Waals surface area (Å²) in [6.07, 6.45) is 0.500. The van der Waals surface area contributed by atoms with Crippen molar-refractivity contribution in [1.82, 2.24) is 14.9 Å². The van der Waals surface area contributed by atoms with Crippen LogP contribution in [0.15, 0.2) is 71.2 Å². The molecule has 0 saturated carbocycles. The molecule has 0 aliphatic carbocycles. The lowest BCUT2D eigenvalue weighted by Crippen LogP contribution is -2.26. The quantitative estimate of drug-likeness (QED) is 0.385. The van der Waals surface area contributed by atoms with Crippen LogP contribution in [0.4, 0.5) is 4.39 Å². The molecular formula is C23H18BrClFN3O. The molecule has 4 aromatic rings. The van der Waals surface area contributed by atoms with E-state index in [9.17, 15) is 9.18 Å². The number of hydrogen-bond donors (Lipinski definition) is 1. The highest BCUT2D eigenvalue weighted by Gasteiger charge is 2.15. The maximum Gasteiger partial charge on any atom is 0.251 e. The summed E-state index contributed by atoms with van der Waals surface area (Å²) in [5.74, 6) is 0.246. The van der Waals surface area contributed by atoms with Crippen molar-refractivity contribution in [3.05, 3.63) is 99.0 Å². The zero-order valence-electron chi connectivity index (χ0n) is 15.9. The Kier molecular flexibility index (Phi) is 6.16. The molecule has 0 atom stereocenters. The molecule has 30 heavy (non-hydrogen) atoms. The lowest BCUT2D eigenvalue weighted by molar-refractivity contribution is 0.0954. The van der Waals surface area contributed by atoms with E-state index in [0.717, 1.165) is 21.3 Å². The van der Waals surface area contributed by atoms with Crippen LogP contribution >= 0.6 is 27.5 Å². The molecule has 3 aromatic carbocycles. The average molecular weight is 487 g/mol. The first-order valence-electron chi connectivity index (χ1n) is 9.44. The number of benzene rings is 3. The summed E-state index contributed by atoms with van der Waals surface area (Å²) in [6, 6.07) is 19.6. The minimum Gasteiger partial charge on any atom is -0.352 e. The van der Waals surface area contributed by atoms with Crippen molar-refractivity contribution in [2.45, 2.75) is 13.0 Å². The summed E-state index contributed by atoms with van der Waals surface area (Å²) in [5.41, 5.74) is 2.71. The van der Waals surface area contributed by atoms with Crippen molar-refractivity contribution in [3.63, 3.8) is 0 Å². The topological polar surface area (TPSA) is 46.9 Å². The van der Waals surface area contributed by atoms with Gasteiger partial charge in [-0.1, -0.05) is 51.8 Å². The fourth-order valence-electron chi connectivity index (χ4n) is 3.35. The standard InChI is InChI=1S/C23H18BrClFN3O/c24-16-6-3-5-15(13-16)23(30)27-12-11-22-28-20-9-1-2-10-21(20)29(22)14-17-18(25)7-4-8-19(17)26/h1-10,13H,11-12,14H2,(H,27,30). The second kappa shape index (κ2) is 8.98. The maximum absolute atomic E-state index is 14.4. The van der Waals surface area contributed by atoms with Crippen molar-refractivity contribution in [1.29, 1.82) is 0 Å². The zero-order valence-corrected chi connectivity index (χ0v) is 18.3. The van der Waals surface area contributed by atoms with E-state index in [1.165, 1.54) is 6.07 Å². The van der Waals surface area contributed by atoms with E-state index >= 15 is 0 Å². The van der Waals surface area contributed by atoms with E-state index in [2.05, 4.69) is 21.2 Å². The van der Waals surface area contributed by atoms with Crippen molar-refractivity contribution >= 4 is 44.5 Å². The van der Waals surface area contributed by atoms with Gasteiger partial charge >= 0.3 is 0 Å². The smallest absolute Gasteiger partial charge is 0.251 e. The highest BCUT2D eigenvalue weighted by molar-refractivity contribution is 9.10. The largest absolute Gasteiger partial charge is 0.352 e. The first-order valence-corrected chi connectivity index (χ1v) is 10.6. The number of para-hydroxylation sites is 2. The van der Waals surface area contributed by atoms with Crippen LogP contribution in [-0.4, -0.2) is 22.0 Å². The molecule has 0 saturated heterocycles. The maximum atomic E-state index is 14.4. The first kappa shape index (κ1) is 20.6. The van der Waals surface area contributed by atoms with Gasteiger partial charge in [-0.2, -0.15) is 0 Å². The SMILES string of the molecule is O=C(NCCc1nc2ccccc2n1Cc1c(F)cccc1Cl)c1cccc(Br)c1. The van der Waals surface area contributed by atoms with E-state index < -0.39 is 0 Å². The van der Waals surface area contributed by atoms with Gasteiger partial charge in [0.1, 0.15) is 11.6 Å². The molecule has 152 valence electrons. The second-order valence-corrected chi connectivity index (χ2v) is 8.14. The van der Waals surface area contributed by atoms with Gasteiger partial charge in [0.15, 0.2) is 0 Å². The number of rotatable bonds is 6. The van der Waals surface area contributed by atoms with Crippen LogP contribution in [0.5, 0.6) is 0 Å². The van der Waals surface area contributed by atoms with Crippen LogP contribution in [-0.2, 0) is 13.0 Å². The number of aromatic nitrogens is 2. The molecule has 1 N–H and O–H groups in total. The number of nitrogens with zero attached hydrogens (tertiary/aromatic N) is 2. The first-order chi connectivity index (χ1) is 14.5. The van der Waals surface area contributed by atoms with Crippen LogP contribution in [0.25, 0.3) is 11.0 Å². The van der Waals surface area contributed by atoms with Crippen molar-refractivity contribution < 1.29 is 9.18 Å². The van der Waals surface area contributed by atoms with Gasteiger partial charge in [-0.15, -0.1) is 0 Å². The number of imidazole rings is 1. The Labute approximate surface area is 186 Å². The zero-order chi connectivity index (χ0) is 21.1. The Hall–Kier alpha value is -2.70. The summed E-state index contributed by atoms with van der Waals surface area (Å²) >= 11 is 9.61. The van der Waals surface area contributed by atoms with E-state index in [1.807, 2.05) is 41.0 Å². The molecule has 0 bridgehead atoms. The Bertz CT molecular complexity index is 1200. The van der Waals surface area contributed by atoms with Crippen LogP contribution in [0.2, 0.25) is 5.02 Å². The van der Waals surface area contributed by atoms with Crippen LogP contribution in [0.3, 0.4) is 0 Å². The summed E-state index contributed by atoms with van der Waals surface area (Å²) in [5, 5.41) is 3.30. The predicted molar refractivity (Wildman–Crippen MR) is 120 cm³/mol. The van der Waals surface area contributed by atoms with Crippen LogP contribution < -0.4 is 5.32 Å². The lowest BCUT2D eigenvalue weighted by Gasteiger charge is -2.12. The average Bonchev–Trinajstić information content (AvgIpc) is 3.08. The Morgan fingerprint density at radius 3 is 2.70 bits per heavy atom. The Morgan fingerprint density at radius 1 is 1.10 bits per heavy atom. The molecule has 1 heterocycles. The fraction of sp³-hybridized carbons (Fsp3) is 0.130. The van der Waals surface area contributed by atoms with Gasteiger partial charge in [-0.05, 0) is 42.5 Å². The molecule has 0 aliphatic heterocycles. The monoisotopic (exact) mass is 485 g/mol. The summed E-state index contributed by atoms with van der Waals surface area (Å²) in [7, 11) is 0. The molecule has 0 spiro atoms. The Balaban J connectivity index is 1.57. The van der Waals surface area contributed by atoms with Gasteiger partial charge in [0, 0.05) is 33.6 Å². The molecule has 4 rings (SSSR count). The van der Waals surface area contributed by atoms with Gasteiger partial charge in [-0.3, -0.25) is 4.79 Å². The van der Waals surface area contributed by atoms with Gasteiger partial charge in [0.25, 0.3) is 5.91 Å². The summed E-state index contributed by atoms with van der Waals surface area (Å²) in [4.78, 5) is 17.1. The number of fused-ring (bicyclic) bond motifs is 1. The van der Waals surface area contributed by atoms with Crippen molar-refractivity contribution in [2.24, 2.45) is 0 Å². The molecule has 1 aromatic heterocycles. The predicted octanol–water partition coefficient (Wildman–Crippen LogP) is 5.61. The number of carbonyl (C=O) groups excluding carboxylic acids is 1. The van der Waals surface area contributed by atoms with Gasteiger partial charge in [-0.25, -0.2) is 9.37 Å². The Morgan fingerprint density at radius 2 is 1.90 bits per heavy atom. The summed E-state index contributed by atoms with van der Waals surface area (Å²) < 4.78 is 17.2. The fourth-order valence-corrected chi connectivity index (χ4v) is 3.98. The molecule has 1 amide bonds. The lowest BCUT2D eigenvalue weighted by atomic mass is 10.2. The second-order valence-electron chi connectivity index (χ2n) is 6.82. The minimum absolute atomic E-state index is 0.156. The van der Waals surface area contributed by atoms with E-state index in [4.69, 9.17) is 16.6 Å². The van der Waals surface area contributed by atoms with Crippen molar-refractivity contribution in [2.75, 3.05) is 6.54 Å². The van der Waals surface area contributed by atoms with Crippen LogP contribution in [0.1, 0.15) is 21.7 Å². The highest BCUT2D eigenvalue weighted by Crippen LogP contribution is 2.24. The van der Waals surface area contributed by atoms with E-state index in [0.29, 0.717) is 29.1 Å². The normalized spacial score (nSPS) is 11.0. The van der Waals surface area contributed by atoms with Crippen molar-refractivity contribution in [3.8, 4) is 0 Å². The third-order valence-electron chi connectivity index (χ3n) is 4.83. The molecule has 4 nitrogen and oxygen atoms in total. The minimum atomic E-state index is -0.353. The summed E-state index contributed by atoms with van der Waals surface area (Å²) in [6.45, 7) is 0.667. The number of amides is 1.